The van der Waals surface area contributed by atoms with Gasteiger partial charge >= 0.3 is 0 Å². The molecule has 0 unspecified atom stereocenters. The molecule has 1 heterocycles. The van der Waals surface area contributed by atoms with Crippen molar-refractivity contribution in [1.82, 2.24) is 5.32 Å². The van der Waals surface area contributed by atoms with Crippen LogP contribution in [0.3, 0.4) is 0 Å². The summed E-state index contributed by atoms with van der Waals surface area (Å²) in [6.07, 6.45) is 0.461. The number of rotatable bonds is 7. The maximum absolute atomic E-state index is 12.9. The molecule has 0 atom stereocenters. The molecule has 0 aliphatic rings. The van der Waals surface area contributed by atoms with Gasteiger partial charge in [0.1, 0.15) is 5.82 Å². The SMILES string of the molecule is O=C(Cc1ccc(NC(=O)Cc2ccc(F)cc2)cc1)NCc1cccs1. The monoisotopic (exact) mass is 382 g/mol. The molecular weight excluding hydrogens is 363 g/mol. The Labute approximate surface area is 161 Å². The topological polar surface area (TPSA) is 58.2 Å². The summed E-state index contributed by atoms with van der Waals surface area (Å²) in [5.74, 6) is -0.547. The molecule has 0 saturated heterocycles. The van der Waals surface area contributed by atoms with Gasteiger partial charge in [0.05, 0.1) is 19.4 Å². The lowest BCUT2D eigenvalue weighted by Crippen LogP contribution is -2.24. The number of hydrogen-bond acceptors (Lipinski definition) is 3. The lowest BCUT2D eigenvalue weighted by Gasteiger charge is -2.07. The molecule has 2 aromatic carbocycles. The molecule has 0 fully saturated rings. The summed E-state index contributed by atoms with van der Waals surface area (Å²) in [5.41, 5.74) is 2.27. The second kappa shape index (κ2) is 9.09. The predicted molar refractivity (Wildman–Crippen MR) is 105 cm³/mol. The van der Waals surface area contributed by atoms with Crippen LogP contribution in [0.5, 0.6) is 0 Å². The van der Waals surface area contributed by atoms with Crippen molar-refractivity contribution < 1.29 is 14.0 Å². The molecule has 1 aromatic heterocycles. The fourth-order valence-corrected chi connectivity index (χ4v) is 3.19. The molecule has 4 nitrogen and oxygen atoms in total. The molecule has 2 amide bonds. The maximum Gasteiger partial charge on any atom is 0.228 e. The first-order valence-corrected chi connectivity index (χ1v) is 9.39. The Kier molecular flexibility index (Phi) is 6.33. The lowest BCUT2D eigenvalue weighted by atomic mass is 10.1. The minimum atomic E-state index is -0.325. The molecule has 3 rings (SSSR count). The van der Waals surface area contributed by atoms with Crippen LogP contribution in [0.4, 0.5) is 10.1 Å². The summed E-state index contributed by atoms with van der Waals surface area (Å²) >= 11 is 1.61. The van der Waals surface area contributed by atoms with Crippen molar-refractivity contribution in [3.8, 4) is 0 Å². The Bertz CT molecular complexity index is 891. The third kappa shape index (κ3) is 6.04. The zero-order valence-electron chi connectivity index (χ0n) is 14.6. The molecule has 2 N–H and O–H groups in total. The first-order chi connectivity index (χ1) is 13.1. The van der Waals surface area contributed by atoms with Gasteiger partial charge in [-0.3, -0.25) is 9.59 Å². The minimum Gasteiger partial charge on any atom is -0.351 e. The zero-order chi connectivity index (χ0) is 19.1. The number of anilines is 1. The number of benzene rings is 2. The predicted octanol–water partition coefficient (Wildman–Crippen LogP) is 3.93. The molecule has 0 bridgehead atoms. The molecule has 6 heteroatoms. The molecule has 3 aromatic rings. The van der Waals surface area contributed by atoms with E-state index in [1.807, 2.05) is 29.6 Å². The lowest BCUT2D eigenvalue weighted by molar-refractivity contribution is -0.120. The van der Waals surface area contributed by atoms with Gasteiger partial charge in [0.15, 0.2) is 0 Å². The molecule has 0 spiro atoms. The number of amides is 2. The van der Waals surface area contributed by atoms with Crippen molar-refractivity contribution in [2.24, 2.45) is 0 Å². The maximum atomic E-state index is 12.9. The van der Waals surface area contributed by atoms with E-state index in [1.54, 1.807) is 35.6 Å². The summed E-state index contributed by atoms with van der Waals surface area (Å²) in [4.78, 5) is 25.2. The van der Waals surface area contributed by atoms with E-state index in [0.29, 0.717) is 12.2 Å². The van der Waals surface area contributed by atoms with Gasteiger partial charge in [0.2, 0.25) is 11.8 Å². The van der Waals surface area contributed by atoms with Crippen molar-refractivity contribution in [2.45, 2.75) is 19.4 Å². The van der Waals surface area contributed by atoms with Crippen molar-refractivity contribution in [2.75, 3.05) is 5.32 Å². The number of carbonyl (C=O) groups is 2. The van der Waals surface area contributed by atoms with Crippen LogP contribution in [-0.4, -0.2) is 11.8 Å². The van der Waals surface area contributed by atoms with E-state index in [-0.39, 0.29) is 30.5 Å². The smallest absolute Gasteiger partial charge is 0.228 e. The van der Waals surface area contributed by atoms with Crippen molar-refractivity contribution in [3.63, 3.8) is 0 Å². The molecule has 27 heavy (non-hydrogen) atoms. The first kappa shape index (κ1) is 18.8. The number of carbonyl (C=O) groups excluding carboxylic acids is 2. The Balaban J connectivity index is 1.47. The van der Waals surface area contributed by atoms with E-state index in [2.05, 4.69) is 10.6 Å². The minimum absolute atomic E-state index is 0.0449. The number of halogens is 1. The molecule has 138 valence electrons. The summed E-state index contributed by atoms with van der Waals surface area (Å²) in [6, 6.07) is 17.0. The normalized spacial score (nSPS) is 10.4. The van der Waals surface area contributed by atoms with E-state index >= 15 is 0 Å². The van der Waals surface area contributed by atoms with Crippen LogP contribution in [0.1, 0.15) is 16.0 Å². The Hall–Kier alpha value is -2.99. The summed E-state index contributed by atoms with van der Waals surface area (Å²) in [6.45, 7) is 0.536. The average molecular weight is 382 g/mol. The van der Waals surface area contributed by atoms with Gasteiger partial charge in [0.25, 0.3) is 0 Å². The van der Waals surface area contributed by atoms with Gasteiger partial charge in [-0.2, -0.15) is 0 Å². The van der Waals surface area contributed by atoms with Gasteiger partial charge in [-0.05, 0) is 46.8 Å². The van der Waals surface area contributed by atoms with Gasteiger partial charge in [0, 0.05) is 10.6 Å². The van der Waals surface area contributed by atoms with E-state index in [9.17, 15) is 14.0 Å². The van der Waals surface area contributed by atoms with Crippen LogP contribution in [-0.2, 0) is 29.0 Å². The Morgan fingerprint density at radius 1 is 0.852 bits per heavy atom. The molecule has 0 aliphatic carbocycles. The van der Waals surface area contributed by atoms with Gasteiger partial charge in [-0.25, -0.2) is 4.39 Å². The van der Waals surface area contributed by atoms with E-state index < -0.39 is 0 Å². The van der Waals surface area contributed by atoms with Crippen LogP contribution in [0, 0.1) is 5.82 Å². The zero-order valence-corrected chi connectivity index (χ0v) is 15.4. The molecule has 0 radical (unpaired) electrons. The van der Waals surface area contributed by atoms with Crippen molar-refractivity contribution in [1.29, 1.82) is 0 Å². The van der Waals surface area contributed by atoms with Crippen LogP contribution >= 0.6 is 11.3 Å². The Morgan fingerprint density at radius 2 is 1.48 bits per heavy atom. The molecular formula is C21H19FN2O2S. The summed E-state index contributed by atoms with van der Waals surface area (Å²) in [5, 5.41) is 7.66. The van der Waals surface area contributed by atoms with Crippen molar-refractivity contribution in [3.05, 3.63) is 87.9 Å². The highest BCUT2D eigenvalue weighted by Gasteiger charge is 2.07. The van der Waals surface area contributed by atoms with E-state index in [1.165, 1.54) is 12.1 Å². The second-order valence-corrected chi connectivity index (χ2v) is 7.11. The van der Waals surface area contributed by atoms with Crippen LogP contribution < -0.4 is 10.6 Å². The average Bonchev–Trinajstić information content (AvgIpc) is 3.17. The molecule has 0 saturated carbocycles. The Morgan fingerprint density at radius 3 is 2.11 bits per heavy atom. The largest absolute Gasteiger partial charge is 0.351 e. The fourth-order valence-electron chi connectivity index (χ4n) is 2.55. The first-order valence-electron chi connectivity index (χ1n) is 8.51. The van der Waals surface area contributed by atoms with Gasteiger partial charge in [-0.15, -0.1) is 11.3 Å². The summed E-state index contributed by atoms with van der Waals surface area (Å²) in [7, 11) is 0. The third-order valence-corrected chi connectivity index (χ3v) is 4.80. The third-order valence-electron chi connectivity index (χ3n) is 3.92. The highest BCUT2D eigenvalue weighted by Crippen LogP contribution is 2.12. The van der Waals surface area contributed by atoms with Gasteiger partial charge in [-0.1, -0.05) is 30.3 Å². The highest BCUT2D eigenvalue weighted by molar-refractivity contribution is 7.09. The standard InChI is InChI=1S/C21H19FN2O2S/c22-17-7-3-15(4-8-17)13-21(26)24-18-9-5-16(6-10-18)12-20(25)23-14-19-2-1-11-27-19/h1-11H,12-14H2,(H,23,25)(H,24,26). The number of thiophene rings is 1. The van der Waals surface area contributed by atoms with Crippen LogP contribution in [0.25, 0.3) is 0 Å². The summed E-state index contributed by atoms with van der Waals surface area (Å²) < 4.78 is 12.9. The quantitative estimate of drug-likeness (QED) is 0.651. The van der Waals surface area contributed by atoms with Gasteiger partial charge < -0.3 is 10.6 Å². The fraction of sp³-hybridized carbons (Fsp3) is 0.143. The number of hydrogen-bond donors (Lipinski definition) is 2. The van der Waals surface area contributed by atoms with Crippen molar-refractivity contribution >= 4 is 28.8 Å². The number of nitrogens with one attached hydrogen (secondary N) is 2. The highest BCUT2D eigenvalue weighted by atomic mass is 32.1. The van der Waals surface area contributed by atoms with E-state index in [4.69, 9.17) is 0 Å². The van der Waals surface area contributed by atoms with E-state index in [0.717, 1.165) is 16.0 Å². The van der Waals surface area contributed by atoms with Crippen LogP contribution in [0.2, 0.25) is 0 Å². The van der Waals surface area contributed by atoms with Crippen LogP contribution in [0.15, 0.2) is 66.0 Å². The molecule has 0 aliphatic heterocycles. The second-order valence-electron chi connectivity index (χ2n) is 6.08.